The van der Waals surface area contributed by atoms with E-state index in [-0.39, 0.29) is 46.9 Å². The SMILES string of the molecule is C[C@H]1CC[C@@]2(OC1)O[C@H]1C[C@H]3[C@@H]4CC[C@H]5C[C@@H](O[C@@H]6O[C@H](CO)[C@H](O[C@@H]7O[C@H](CO)[C@@H](O)[C@H](O[C@@H]8OC[C@@H](O)[C@H](O[C@@H]9O[C@H](CO)[C@@H](O)[C@H](O)[C@H]9O)[C@H]8O)[C@H]7O[C@@H]7O[C@H](CO)[C@@H](O)[C@H](O[C@@H]8O[C@H](CO)[C@@H](O)[C@H](O)[C@H]8O)[C@H]7O)[C@H](O)[C@H]6O)CC[C@]5(C)[C@H]4CC(=O)[C@]3(C)[C@H]1[C@@H]2C. The van der Waals surface area contributed by atoms with E-state index in [1.807, 2.05) is 0 Å². The minimum absolute atomic E-state index is 0.0614. The molecule has 0 unspecified atom stereocenters. The minimum Gasteiger partial charge on any atom is -0.394 e. The van der Waals surface area contributed by atoms with E-state index >= 15 is 0 Å². The van der Waals surface area contributed by atoms with Gasteiger partial charge in [0.1, 0.15) is 146 Å². The molecule has 12 aliphatic rings. The van der Waals surface area contributed by atoms with Crippen LogP contribution in [0, 0.1) is 52.3 Å². The van der Waals surface area contributed by atoms with Crippen molar-refractivity contribution >= 4 is 5.78 Å². The van der Waals surface area contributed by atoms with Crippen LogP contribution < -0.4 is 0 Å². The van der Waals surface area contributed by atoms with Gasteiger partial charge < -0.3 is 158 Å². The fourth-order valence-corrected chi connectivity index (χ4v) is 18.5. The third-order valence-corrected chi connectivity index (χ3v) is 24.1. The van der Waals surface area contributed by atoms with Gasteiger partial charge in [-0.1, -0.05) is 27.7 Å². The summed E-state index contributed by atoms with van der Waals surface area (Å²) in [6, 6.07) is 0. The number of aliphatic hydroxyl groups excluding tert-OH is 18. The zero-order valence-electron chi connectivity index (χ0n) is 53.4. The summed E-state index contributed by atoms with van der Waals surface area (Å²) >= 11 is 0. The number of hydrogen-bond acceptors (Lipinski definition) is 33. The second-order valence-electron chi connectivity index (χ2n) is 29.4. The van der Waals surface area contributed by atoms with Crippen LogP contribution >= 0.6 is 0 Å². The summed E-state index contributed by atoms with van der Waals surface area (Å²) in [7, 11) is 0. The first kappa shape index (κ1) is 73.2. The fourth-order valence-electron chi connectivity index (χ4n) is 18.5. The maximum absolute atomic E-state index is 14.8. The van der Waals surface area contributed by atoms with Gasteiger partial charge in [0, 0.05) is 30.1 Å². The molecule has 0 bridgehead atoms. The molecule has 33 heteroatoms. The van der Waals surface area contributed by atoms with Crippen LogP contribution in [-0.2, 0) is 71.1 Å². The maximum atomic E-state index is 14.8. The molecule has 0 aromatic heterocycles. The third-order valence-electron chi connectivity index (χ3n) is 24.1. The Hall–Kier alpha value is -1.61. The van der Waals surface area contributed by atoms with Crippen LogP contribution in [-0.4, -0.2) is 340 Å². The van der Waals surface area contributed by atoms with Gasteiger partial charge in [0.25, 0.3) is 0 Å². The predicted molar refractivity (Wildman–Crippen MR) is 308 cm³/mol. The Labute approximate surface area is 547 Å². The van der Waals surface area contributed by atoms with Crippen molar-refractivity contribution in [3.05, 3.63) is 0 Å². The molecule has 18 N–H and O–H groups in total. The standard InChI is InChI=1S/C62H100O33/c1-21-7-10-62(83-19-21)22(2)36-29(95-62)12-27-25-6-5-23-11-24(8-9-60(23,3)26(25)13-35(69)61(27,36)4)84-55-46(79)43(76)50(34(18-67)89-55)91-59-53(94-58-48(81)51(39(72)32(16-65)87-58)92-57-45(78)42(75)38(71)31(15-64)86-57)52(40(73)33(17-66)88-59)93-54-47(80)49(28(68)20-82-54)90-56-44(77)41(74)37(70)30(14-63)85-56/h21-34,36-59,63-68,70-81H,5-20H2,1-4H3/t21-,22-,23-,24-,25+,26-,27-,28+,29-,30+,31+,32+,33+,34+,36-,37+,38+,39+,40+,41-,42-,43+,44+,45+,46+,47+,48+,49-,50-,51-,52-,53+,54-,55+,56-,57-,58-,59-,60-,61+,62+/m0/s1. The number of carbonyl (C=O) groups is 1. The molecule has 12 rings (SSSR count). The molecule has 8 aliphatic heterocycles. The summed E-state index contributed by atoms with van der Waals surface area (Å²) in [5.74, 6) is 0.903. The third kappa shape index (κ3) is 13.0. The van der Waals surface area contributed by atoms with Crippen molar-refractivity contribution in [2.24, 2.45) is 52.3 Å². The van der Waals surface area contributed by atoms with E-state index in [1.54, 1.807) is 0 Å². The van der Waals surface area contributed by atoms with Crippen LogP contribution in [0.1, 0.15) is 85.5 Å². The highest BCUT2D eigenvalue weighted by Gasteiger charge is 2.72. The van der Waals surface area contributed by atoms with E-state index < -0.39 is 235 Å². The first-order valence-electron chi connectivity index (χ1n) is 33.7. The minimum atomic E-state index is -2.28. The zero-order chi connectivity index (χ0) is 68.2. The van der Waals surface area contributed by atoms with Crippen molar-refractivity contribution in [2.75, 3.05) is 46.2 Å². The predicted octanol–water partition coefficient (Wildman–Crippen LogP) is -7.44. The lowest BCUT2D eigenvalue weighted by Crippen LogP contribution is -2.69. The molecule has 95 heavy (non-hydrogen) atoms. The van der Waals surface area contributed by atoms with Gasteiger partial charge >= 0.3 is 0 Å². The van der Waals surface area contributed by atoms with E-state index in [0.29, 0.717) is 44.1 Å². The van der Waals surface area contributed by atoms with Crippen LogP contribution in [0.25, 0.3) is 0 Å². The fraction of sp³-hybridized carbons (Fsp3) is 0.984. The number of ketones is 1. The molecule has 33 nitrogen and oxygen atoms in total. The Morgan fingerprint density at radius 3 is 1.56 bits per heavy atom. The van der Waals surface area contributed by atoms with Gasteiger partial charge in [-0.15, -0.1) is 0 Å². The lowest BCUT2D eigenvalue weighted by atomic mass is 9.44. The summed E-state index contributed by atoms with van der Waals surface area (Å²) in [4.78, 5) is 14.8. The van der Waals surface area contributed by atoms with Gasteiger partial charge in [0.05, 0.1) is 58.5 Å². The lowest BCUT2D eigenvalue weighted by molar-refractivity contribution is -0.411. The monoisotopic (exact) mass is 1370 g/mol. The van der Waals surface area contributed by atoms with Crippen molar-refractivity contribution < 1.29 is 163 Å². The zero-order valence-corrected chi connectivity index (χ0v) is 53.4. The van der Waals surface area contributed by atoms with E-state index in [1.165, 1.54) is 0 Å². The summed E-state index contributed by atoms with van der Waals surface area (Å²) in [5, 5.41) is 198. The van der Waals surface area contributed by atoms with Crippen LogP contribution in [0.4, 0.5) is 0 Å². The molecule has 0 amide bonds. The van der Waals surface area contributed by atoms with E-state index in [9.17, 15) is 96.7 Å². The van der Waals surface area contributed by atoms with Gasteiger partial charge in [-0.25, -0.2) is 0 Å². The van der Waals surface area contributed by atoms with Gasteiger partial charge in [-0.3, -0.25) is 4.79 Å². The second-order valence-corrected chi connectivity index (χ2v) is 29.4. The Bertz CT molecular complexity index is 2550. The van der Waals surface area contributed by atoms with Gasteiger partial charge in [0.15, 0.2) is 43.5 Å². The summed E-state index contributed by atoms with van der Waals surface area (Å²) in [6.45, 7) is 3.97. The van der Waals surface area contributed by atoms with E-state index in [0.717, 1.165) is 32.1 Å². The molecule has 0 aromatic carbocycles. The lowest BCUT2D eigenvalue weighted by Gasteiger charge is -2.60. The summed E-state index contributed by atoms with van der Waals surface area (Å²) in [5.41, 5.74) is -0.765. The highest BCUT2D eigenvalue weighted by molar-refractivity contribution is 5.87. The molecule has 41 atom stereocenters. The second kappa shape index (κ2) is 28.9. The number of rotatable bonds is 17. The highest BCUT2D eigenvalue weighted by Crippen LogP contribution is 2.70. The quantitative estimate of drug-likeness (QED) is 0.0602. The largest absolute Gasteiger partial charge is 0.394 e. The smallest absolute Gasteiger partial charge is 0.187 e. The van der Waals surface area contributed by atoms with Crippen molar-refractivity contribution in [3.63, 3.8) is 0 Å². The molecule has 0 radical (unpaired) electrons. The van der Waals surface area contributed by atoms with Gasteiger partial charge in [-0.2, -0.15) is 0 Å². The van der Waals surface area contributed by atoms with E-state index in [2.05, 4.69) is 27.7 Å². The number of ether oxygens (including phenoxy) is 14. The summed E-state index contributed by atoms with van der Waals surface area (Å²) in [6.07, 6.45) is -50.0. The average Bonchev–Trinajstić information content (AvgIpc) is 1.54. The summed E-state index contributed by atoms with van der Waals surface area (Å²) < 4.78 is 85.1. The molecule has 12 fully saturated rings. The van der Waals surface area contributed by atoms with Crippen molar-refractivity contribution in [3.8, 4) is 0 Å². The Kier molecular flexibility index (Phi) is 22.3. The van der Waals surface area contributed by atoms with Crippen LogP contribution in [0.3, 0.4) is 0 Å². The van der Waals surface area contributed by atoms with Crippen molar-refractivity contribution in [1.29, 1.82) is 0 Å². The average molecular weight is 1370 g/mol. The molecule has 8 heterocycles. The molecule has 4 saturated carbocycles. The normalized spacial score (nSPS) is 56.5. The van der Waals surface area contributed by atoms with Crippen LogP contribution in [0.5, 0.6) is 0 Å². The number of Topliss-reactive ketones (excluding diaryl/α,β-unsaturated/α-hetero) is 1. The maximum Gasteiger partial charge on any atom is 0.187 e. The Morgan fingerprint density at radius 2 is 0.958 bits per heavy atom. The van der Waals surface area contributed by atoms with Crippen LogP contribution in [0.15, 0.2) is 0 Å². The first-order valence-corrected chi connectivity index (χ1v) is 33.7. The number of hydrogen-bond donors (Lipinski definition) is 18. The topological polar surface area (TPSA) is 510 Å². The number of fused-ring (bicyclic) bond motifs is 7. The van der Waals surface area contributed by atoms with Crippen LogP contribution in [0.2, 0.25) is 0 Å². The molecule has 4 aliphatic carbocycles. The van der Waals surface area contributed by atoms with Gasteiger partial charge in [0.2, 0.25) is 0 Å². The Morgan fingerprint density at radius 1 is 0.453 bits per heavy atom. The number of aliphatic hydroxyl groups is 18. The molecular weight excluding hydrogens is 1270 g/mol. The molecule has 546 valence electrons. The molecular formula is C62H100O33. The van der Waals surface area contributed by atoms with E-state index in [4.69, 9.17) is 66.3 Å². The first-order chi connectivity index (χ1) is 45.2. The molecule has 1 spiro atoms. The Balaban J connectivity index is 0.765. The molecule has 0 aromatic rings. The van der Waals surface area contributed by atoms with Gasteiger partial charge in [-0.05, 0) is 80.0 Å². The van der Waals surface area contributed by atoms with Crippen molar-refractivity contribution in [2.45, 2.75) is 282 Å². The number of carbonyl (C=O) groups excluding carboxylic acids is 1. The van der Waals surface area contributed by atoms with Crippen molar-refractivity contribution in [1.82, 2.24) is 0 Å². The molecule has 8 saturated heterocycles. The highest BCUT2D eigenvalue weighted by atomic mass is 16.8.